The molecule has 0 saturated carbocycles. The zero-order valence-corrected chi connectivity index (χ0v) is 11.5. The molecule has 21 heavy (non-hydrogen) atoms. The van der Waals surface area contributed by atoms with E-state index < -0.39 is 5.95 Å². The van der Waals surface area contributed by atoms with Crippen molar-refractivity contribution in [3.63, 3.8) is 0 Å². The number of hydrogen-bond donors (Lipinski definition) is 2. The first kappa shape index (κ1) is 13.5. The maximum Gasteiger partial charge on any atom is 0.213 e. The van der Waals surface area contributed by atoms with Crippen molar-refractivity contribution in [2.75, 3.05) is 13.1 Å². The van der Waals surface area contributed by atoms with Crippen LogP contribution in [-0.2, 0) is 0 Å². The van der Waals surface area contributed by atoms with Gasteiger partial charge in [0.05, 0.1) is 17.6 Å². The molecule has 6 heteroatoms. The predicted octanol–water partition coefficient (Wildman–Crippen LogP) is 2.70. The van der Waals surface area contributed by atoms with Gasteiger partial charge < -0.3 is 9.88 Å². The molecule has 0 amide bonds. The lowest BCUT2D eigenvalue weighted by atomic mass is 10.3. The lowest BCUT2D eigenvalue weighted by Crippen LogP contribution is -2.24. The number of amidine groups is 1. The smallest absolute Gasteiger partial charge is 0.213 e. The summed E-state index contributed by atoms with van der Waals surface area (Å²) in [6.45, 7) is 1.89. The molecule has 0 aliphatic carbocycles. The molecule has 5 nitrogen and oxygen atoms in total. The van der Waals surface area contributed by atoms with Crippen LogP contribution < -0.4 is 0 Å². The maximum absolute atomic E-state index is 13.1. The molecule has 1 aliphatic rings. The Hall–Kier alpha value is -2.50. The Morgan fingerprint density at radius 3 is 2.90 bits per heavy atom. The average Bonchev–Trinajstić information content (AvgIpc) is 3.16. The van der Waals surface area contributed by atoms with Crippen LogP contribution in [-0.4, -0.2) is 38.8 Å². The maximum atomic E-state index is 13.1. The third-order valence-corrected chi connectivity index (χ3v) is 3.43. The molecule has 2 aromatic heterocycles. The van der Waals surface area contributed by atoms with E-state index in [1.54, 1.807) is 30.5 Å². The van der Waals surface area contributed by atoms with Gasteiger partial charge in [0.2, 0.25) is 5.95 Å². The number of likely N-dealkylation sites (tertiary alicyclic amines) is 1. The molecule has 0 spiro atoms. The molecule has 0 radical (unpaired) electrons. The van der Waals surface area contributed by atoms with E-state index in [0.717, 1.165) is 25.9 Å². The number of nitrogens with zero attached hydrogens (tertiary/aromatic N) is 3. The van der Waals surface area contributed by atoms with E-state index in [1.165, 1.54) is 6.07 Å². The number of nitrogens with one attached hydrogen (secondary N) is 2. The van der Waals surface area contributed by atoms with E-state index in [-0.39, 0.29) is 0 Å². The van der Waals surface area contributed by atoms with Gasteiger partial charge in [0.1, 0.15) is 11.7 Å². The van der Waals surface area contributed by atoms with E-state index in [4.69, 9.17) is 5.41 Å². The van der Waals surface area contributed by atoms with Crippen LogP contribution in [0.1, 0.15) is 18.7 Å². The summed E-state index contributed by atoms with van der Waals surface area (Å²) in [6, 6.07) is 4.63. The minimum absolute atomic E-state index is 0.495. The largest absolute Gasteiger partial charge is 0.357 e. The SMILES string of the molecule is N=C(/C=C\c1ncc(-c2cccc(F)n2)[nH]1)N1CCCC1. The summed E-state index contributed by atoms with van der Waals surface area (Å²) in [5.74, 6) is 0.601. The molecule has 1 aliphatic heterocycles. The number of aromatic nitrogens is 3. The highest BCUT2D eigenvalue weighted by molar-refractivity contribution is 5.93. The van der Waals surface area contributed by atoms with E-state index >= 15 is 0 Å². The van der Waals surface area contributed by atoms with Crippen LogP contribution in [0, 0.1) is 11.4 Å². The number of halogens is 1. The summed E-state index contributed by atoms with van der Waals surface area (Å²) < 4.78 is 13.1. The second-order valence-corrected chi connectivity index (χ2v) is 4.94. The van der Waals surface area contributed by atoms with Gasteiger partial charge in [0.15, 0.2) is 0 Å². The summed E-state index contributed by atoms with van der Waals surface area (Å²) >= 11 is 0. The van der Waals surface area contributed by atoms with Crippen molar-refractivity contribution in [2.24, 2.45) is 0 Å². The first-order valence-corrected chi connectivity index (χ1v) is 6.92. The Balaban J connectivity index is 1.71. The van der Waals surface area contributed by atoms with Gasteiger partial charge in [-0.1, -0.05) is 6.07 Å². The Morgan fingerprint density at radius 2 is 2.14 bits per heavy atom. The molecule has 0 unspecified atom stereocenters. The minimum atomic E-state index is -0.519. The molecule has 0 bridgehead atoms. The van der Waals surface area contributed by atoms with Crippen LogP contribution in [0.5, 0.6) is 0 Å². The molecule has 108 valence electrons. The normalized spacial score (nSPS) is 15.0. The van der Waals surface area contributed by atoms with Gasteiger partial charge >= 0.3 is 0 Å². The first-order valence-electron chi connectivity index (χ1n) is 6.92. The van der Waals surface area contributed by atoms with Crippen molar-refractivity contribution in [3.05, 3.63) is 42.2 Å². The number of imidazole rings is 1. The first-order chi connectivity index (χ1) is 10.2. The van der Waals surface area contributed by atoms with Crippen molar-refractivity contribution in [2.45, 2.75) is 12.8 Å². The fourth-order valence-electron chi connectivity index (χ4n) is 2.33. The van der Waals surface area contributed by atoms with Crippen molar-refractivity contribution in [3.8, 4) is 11.4 Å². The number of aromatic amines is 1. The number of rotatable bonds is 3. The second kappa shape index (κ2) is 5.87. The van der Waals surface area contributed by atoms with Gasteiger partial charge in [-0.3, -0.25) is 5.41 Å². The molecule has 0 atom stereocenters. The number of pyridine rings is 1. The van der Waals surface area contributed by atoms with Gasteiger partial charge in [-0.05, 0) is 37.1 Å². The monoisotopic (exact) mass is 285 g/mol. The lowest BCUT2D eigenvalue weighted by molar-refractivity contribution is 0.519. The van der Waals surface area contributed by atoms with Crippen LogP contribution >= 0.6 is 0 Å². The quantitative estimate of drug-likeness (QED) is 0.517. The van der Waals surface area contributed by atoms with Gasteiger partial charge in [-0.15, -0.1) is 0 Å². The van der Waals surface area contributed by atoms with Crippen LogP contribution in [0.15, 0.2) is 30.5 Å². The van der Waals surface area contributed by atoms with Gasteiger partial charge in [-0.2, -0.15) is 4.39 Å². The van der Waals surface area contributed by atoms with Crippen LogP contribution in [0.2, 0.25) is 0 Å². The Kier molecular flexibility index (Phi) is 3.77. The summed E-state index contributed by atoms with van der Waals surface area (Å²) in [5.41, 5.74) is 1.17. The highest BCUT2D eigenvalue weighted by Gasteiger charge is 2.12. The summed E-state index contributed by atoms with van der Waals surface area (Å²) in [5, 5.41) is 7.97. The third kappa shape index (κ3) is 3.16. The van der Waals surface area contributed by atoms with Gasteiger partial charge in [0, 0.05) is 13.1 Å². The van der Waals surface area contributed by atoms with Crippen molar-refractivity contribution >= 4 is 11.9 Å². The van der Waals surface area contributed by atoms with E-state index in [1.807, 2.05) is 4.90 Å². The molecular formula is C15H16FN5. The molecule has 3 heterocycles. The average molecular weight is 285 g/mol. The van der Waals surface area contributed by atoms with E-state index in [2.05, 4.69) is 15.0 Å². The lowest BCUT2D eigenvalue weighted by Gasteiger charge is -2.14. The standard InChI is InChI=1S/C15H16FN5/c16-13-5-3-4-11(19-13)12-10-18-15(20-12)7-6-14(17)21-8-1-2-9-21/h3-7,10,17H,1-2,8-9H2,(H,18,20)/b7-6-,17-14?. The Labute approximate surface area is 122 Å². The number of hydrogen-bond acceptors (Lipinski definition) is 3. The Bertz CT molecular complexity index is 670. The molecule has 2 N–H and O–H groups in total. The van der Waals surface area contributed by atoms with E-state index in [0.29, 0.717) is 23.0 Å². The molecule has 2 aromatic rings. The molecule has 1 fully saturated rings. The third-order valence-electron chi connectivity index (χ3n) is 3.43. The molecular weight excluding hydrogens is 269 g/mol. The van der Waals surface area contributed by atoms with Crippen LogP contribution in [0.25, 0.3) is 17.5 Å². The van der Waals surface area contributed by atoms with Crippen molar-refractivity contribution in [1.29, 1.82) is 5.41 Å². The number of H-pyrrole nitrogens is 1. The second-order valence-electron chi connectivity index (χ2n) is 4.94. The van der Waals surface area contributed by atoms with Gasteiger partial charge in [0.25, 0.3) is 0 Å². The van der Waals surface area contributed by atoms with Crippen LogP contribution in [0.3, 0.4) is 0 Å². The summed E-state index contributed by atoms with van der Waals surface area (Å²) in [7, 11) is 0. The molecule has 1 saturated heterocycles. The topological polar surface area (TPSA) is 68.7 Å². The van der Waals surface area contributed by atoms with Crippen molar-refractivity contribution < 1.29 is 4.39 Å². The molecule has 0 aromatic carbocycles. The Morgan fingerprint density at radius 1 is 1.33 bits per heavy atom. The van der Waals surface area contributed by atoms with Crippen molar-refractivity contribution in [1.82, 2.24) is 19.9 Å². The predicted molar refractivity (Wildman–Crippen MR) is 79.3 cm³/mol. The summed E-state index contributed by atoms with van der Waals surface area (Å²) in [4.78, 5) is 13.1. The minimum Gasteiger partial charge on any atom is -0.357 e. The highest BCUT2D eigenvalue weighted by Crippen LogP contribution is 2.15. The van der Waals surface area contributed by atoms with Gasteiger partial charge in [-0.25, -0.2) is 9.97 Å². The zero-order chi connectivity index (χ0) is 14.7. The fourth-order valence-corrected chi connectivity index (χ4v) is 2.33. The fraction of sp³-hybridized carbons (Fsp3) is 0.267. The molecule has 3 rings (SSSR count). The zero-order valence-electron chi connectivity index (χ0n) is 11.5. The summed E-state index contributed by atoms with van der Waals surface area (Å²) in [6.07, 6.45) is 7.38. The highest BCUT2D eigenvalue weighted by atomic mass is 19.1. The van der Waals surface area contributed by atoms with E-state index in [9.17, 15) is 4.39 Å². The van der Waals surface area contributed by atoms with Crippen LogP contribution in [0.4, 0.5) is 4.39 Å².